The van der Waals surface area contributed by atoms with Gasteiger partial charge < -0.3 is 25.0 Å². The number of aromatic amines is 2. The van der Waals surface area contributed by atoms with Crippen LogP contribution in [0.3, 0.4) is 0 Å². The van der Waals surface area contributed by atoms with Gasteiger partial charge in [0.05, 0.1) is 18.6 Å². The largest absolute Gasteiger partial charge is 0.394 e. The Balaban J connectivity index is 2.06. The molecule has 4 atom stereocenters. The van der Waals surface area contributed by atoms with Crippen LogP contribution in [0.15, 0.2) is 11.1 Å². The van der Waals surface area contributed by atoms with Crippen LogP contribution >= 0.6 is 0 Å². The van der Waals surface area contributed by atoms with Gasteiger partial charge in [-0.2, -0.15) is 5.10 Å². The van der Waals surface area contributed by atoms with E-state index in [-0.39, 0.29) is 11.0 Å². The van der Waals surface area contributed by atoms with Gasteiger partial charge in [0, 0.05) is 0 Å². The molecule has 1 fully saturated rings. The molecule has 2 aromatic rings. The molecule has 0 aliphatic carbocycles. The van der Waals surface area contributed by atoms with Crippen LogP contribution in [-0.2, 0) is 4.74 Å². The molecule has 0 unspecified atom stereocenters. The van der Waals surface area contributed by atoms with Gasteiger partial charge in [0.1, 0.15) is 29.9 Å². The Hall–Kier alpha value is -1.81. The zero-order chi connectivity index (χ0) is 13.6. The van der Waals surface area contributed by atoms with Crippen molar-refractivity contribution in [3.8, 4) is 0 Å². The fourth-order valence-corrected chi connectivity index (χ4v) is 2.20. The summed E-state index contributed by atoms with van der Waals surface area (Å²) in [5, 5.41) is 35.0. The van der Waals surface area contributed by atoms with Gasteiger partial charge in [0.15, 0.2) is 5.52 Å². The second-order valence-corrected chi connectivity index (χ2v) is 4.33. The lowest BCUT2D eigenvalue weighted by atomic mass is 10.1. The molecule has 5 N–H and O–H groups in total. The number of ether oxygens (including phenoxy) is 1. The molecule has 0 radical (unpaired) electrons. The number of H-pyrrole nitrogens is 2. The lowest BCUT2D eigenvalue weighted by molar-refractivity contribution is -0.0236. The highest BCUT2D eigenvalue weighted by atomic mass is 16.6. The van der Waals surface area contributed by atoms with Gasteiger partial charge >= 0.3 is 0 Å². The minimum Gasteiger partial charge on any atom is -0.394 e. The molecule has 3 rings (SSSR count). The molecule has 1 saturated heterocycles. The zero-order valence-electron chi connectivity index (χ0n) is 9.65. The van der Waals surface area contributed by atoms with E-state index >= 15 is 0 Å². The van der Waals surface area contributed by atoms with Gasteiger partial charge in [-0.3, -0.25) is 9.89 Å². The van der Waals surface area contributed by atoms with E-state index in [9.17, 15) is 15.0 Å². The molecule has 1 aliphatic heterocycles. The summed E-state index contributed by atoms with van der Waals surface area (Å²) in [5.74, 6) is 0. The molecule has 0 aromatic carbocycles. The number of fused-ring (bicyclic) bond motifs is 1. The van der Waals surface area contributed by atoms with Crippen molar-refractivity contribution in [2.75, 3.05) is 6.61 Å². The Morgan fingerprint density at radius 3 is 2.79 bits per heavy atom. The van der Waals surface area contributed by atoms with E-state index in [0.29, 0.717) is 5.69 Å². The van der Waals surface area contributed by atoms with Crippen molar-refractivity contribution in [2.45, 2.75) is 24.4 Å². The molecule has 102 valence electrons. The van der Waals surface area contributed by atoms with Gasteiger partial charge in [-0.15, -0.1) is 0 Å². The molecule has 9 nitrogen and oxygen atoms in total. The first-order valence-electron chi connectivity index (χ1n) is 5.67. The fourth-order valence-electron chi connectivity index (χ4n) is 2.20. The van der Waals surface area contributed by atoms with Crippen LogP contribution in [0.5, 0.6) is 0 Å². The van der Waals surface area contributed by atoms with Crippen LogP contribution < -0.4 is 5.56 Å². The van der Waals surface area contributed by atoms with Crippen LogP contribution in [0.4, 0.5) is 0 Å². The molecule has 0 bridgehead atoms. The van der Waals surface area contributed by atoms with Crippen molar-refractivity contribution in [3.63, 3.8) is 0 Å². The van der Waals surface area contributed by atoms with E-state index in [4.69, 9.17) is 9.84 Å². The Morgan fingerprint density at radius 2 is 2.11 bits per heavy atom. The number of aromatic nitrogens is 4. The predicted molar refractivity (Wildman–Crippen MR) is 61.2 cm³/mol. The Kier molecular flexibility index (Phi) is 2.82. The molecule has 1 aliphatic rings. The van der Waals surface area contributed by atoms with Crippen molar-refractivity contribution < 1.29 is 20.1 Å². The number of nitrogens with zero attached hydrogens (tertiary/aromatic N) is 2. The topological polar surface area (TPSA) is 144 Å². The van der Waals surface area contributed by atoms with Crippen LogP contribution in [0.2, 0.25) is 0 Å². The standard InChI is InChI=1S/C10H12N4O5/c15-1-3-7(16)8(17)9(19-3)5-4-6(14-13-5)10(18)12-2-11-4/h2-3,7-9,15-17H,1H2,(H,13,14)(H,11,12,18)/t3-,7+,8+,9-/m0/s1. The lowest BCUT2D eigenvalue weighted by Gasteiger charge is -2.12. The van der Waals surface area contributed by atoms with Crippen molar-refractivity contribution in [2.24, 2.45) is 0 Å². The maximum Gasteiger partial charge on any atom is 0.279 e. The second kappa shape index (κ2) is 4.38. The molecule has 0 spiro atoms. The van der Waals surface area contributed by atoms with Crippen molar-refractivity contribution >= 4 is 11.0 Å². The van der Waals surface area contributed by atoms with Crippen LogP contribution in [0.25, 0.3) is 11.0 Å². The molecule has 3 heterocycles. The van der Waals surface area contributed by atoms with E-state index in [1.165, 1.54) is 6.33 Å². The number of hydrogen-bond acceptors (Lipinski definition) is 7. The fraction of sp³-hybridized carbons (Fsp3) is 0.500. The number of aliphatic hydroxyl groups is 3. The average molecular weight is 268 g/mol. The zero-order valence-corrected chi connectivity index (χ0v) is 9.65. The SMILES string of the molecule is O=c1[nH]cnc2c([C@@H]3O[C@@H](CO)[C@@H](O)[C@H]3O)[nH]nc12. The Labute approximate surface area is 105 Å². The monoisotopic (exact) mass is 268 g/mol. The second-order valence-electron chi connectivity index (χ2n) is 4.33. The smallest absolute Gasteiger partial charge is 0.279 e. The highest BCUT2D eigenvalue weighted by Crippen LogP contribution is 2.34. The molecule has 9 heteroatoms. The molecule has 0 amide bonds. The van der Waals surface area contributed by atoms with E-state index in [0.717, 1.165) is 0 Å². The third-order valence-corrected chi connectivity index (χ3v) is 3.20. The van der Waals surface area contributed by atoms with Crippen molar-refractivity contribution in [3.05, 3.63) is 22.4 Å². The first kappa shape index (κ1) is 12.2. The van der Waals surface area contributed by atoms with Gasteiger partial charge in [-0.25, -0.2) is 4.98 Å². The summed E-state index contributed by atoms with van der Waals surface area (Å²) in [4.78, 5) is 17.9. The summed E-state index contributed by atoms with van der Waals surface area (Å²) in [5.41, 5.74) is 0.233. The summed E-state index contributed by atoms with van der Waals surface area (Å²) in [6.07, 6.45) is -3.05. The minimum absolute atomic E-state index is 0.0928. The maximum absolute atomic E-state index is 11.5. The minimum atomic E-state index is -1.23. The van der Waals surface area contributed by atoms with Crippen molar-refractivity contribution in [1.82, 2.24) is 20.2 Å². The van der Waals surface area contributed by atoms with Gasteiger partial charge in [-0.1, -0.05) is 0 Å². The quantitative estimate of drug-likeness (QED) is 0.415. The Bertz CT molecular complexity index is 653. The summed E-state index contributed by atoms with van der Waals surface area (Å²) in [6, 6.07) is 0. The number of hydrogen-bond donors (Lipinski definition) is 5. The first-order valence-corrected chi connectivity index (χ1v) is 5.67. The maximum atomic E-state index is 11.5. The lowest BCUT2D eigenvalue weighted by Crippen LogP contribution is -2.32. The molecular weight excluding hydrogens is 256 g/mol. The van der Waals surface area contributed by atoms with Gasteiger partial charge in [0.2, 0.25) is 0 Å². The Morgan fingerprint density at radius 1 is 1.32 bits per heavy atom. The van der Waals surface area contributed by atoms with E-state index in [2.05, 4.69) is 20.2 Å². The summed E-state index contributed by atoms with van der Waals surface area (Å²) >= 11 is 0. The summed E-state index contributed by atoms with van der Waals surface area (Å²) in [6.45, 7) is -0.422. The van der Waals surface area contributed by atoms with Crippen LogP contribution in [0.1, 0.15) is 11.8 Å². The summed E-state index contributed by atoms with van der Waals surface area (Å²) < 4.78 is 5.35. The predicted octanol–water partition coefficient (Wildman–Crippen LogP) is -2.20. The molecule has 19 heavy (non-hydrogen) atoms. The first-order chi connectivity index (χ1) is 9.13. The van der Waals surface area contributed by atoms with E-state index < -0.39 is 36.6 Å². The highest BCUT2D eigenvalue weighted by molar-refractivity contribution is 5.75. The van der Waals surface area contributed by atoms with E-state index in [1.54, 1.807) is 0 Å². The van der Waals surface area contributed by atoms with Crippen LogP contribution in [-0.4, -0.2) is 60.4 Å². The molecule has 2 aromatic heterocycles. The normalized spacial score (nSPS) is 31.1. The highest BCUT2D eigenvalue weighted by Gasteiger charge is 2.44. The molecule has 0 saturated carbocycles. The van der Waals surface area contributed by atoms with Gasteiger partial charge in [-0.05, 0) is 0 Å². The van der Waals surface area contributed by atoms with Gasteiger partial charge in [0.25, 0.3) is 5.56 Å². The number of nitrogens with one attached hydrogen (secondary N) is 2. The summed E-state index contributed by atoms with van der Waals surface area (Å²) in [7, 11) is 0. The average Bonchev–Trinajstić information content (AvgIpc) is 2.94. The van der Waals surface area contributed by atoms with Crippen LogP contribution in [0, 0.1) is 0 Å². The third-order valence-electron chi connectivity index (χ3n) is 3.20. The van der Waals surface area contributed by atoms with Crippen molar-refractivity contribution in [1.29, 1.82) is 0 Å². The van der Waals surface area contributed by atoms with E-state index in [1.807, 2.05) is 0 Å². The number of aliphatic hydroxyl groups excluding tert-OH is 3. The molecular formula is C10H12N4O5. The third kappa shape index (κ3) is 1.75. The number of rotatable bonds is 2.